The topological polar surface area (TPSA) is 58.3 Å². The van der Waals surface area contributed by atoms with Crippen molar-refractivity contribution in [1.82, 2.24) is 5.32 Å². The molecule has 0 amide bonds. The molecule has 0 aromatic heterocycles. The van der Waals surface area contributed by atoms with Gasteiger partial charge in [0.15, 0.2) is 0 Å². The lowest BCUT2D eigenvalue weighted by Crippen LogP contribution is -2.29. The van der Waals surface area contributed by atoms with Crippen molar-refractivity contribution in [3.8, 4) is 0 Å². The molecule has 0 aromatic rings. The third-order valence-electron chi connectivity index (χ3n) is 1.84. The van der Waals surface area contributed by atoms with Crippen LogP contribution in [0.25, 0.3) is 0 Å². The van der Waals surface area contributed by atoms with E-state index in [1.54, 1.807) is 0 Å². The van der Waals surface area contributed by atoms with Crippen LogP contribution in [0.5, 0.6) is 0 Å². The number of hydrogen-bond donors (Lipinski definition) is 3. The molecule has 0 fully saturated rings. The second kappa shape index (κ2) is 8.97. The first-order valence-corrected chi connectivity index (χ1v) is 4.92. The molecule has 0 saturated heterocycles. The normalized spacial score (nSPS) is 13.2. The van der Waals surface area contributed by atoms with Crippen molar-refractivity contribution in [3.63, 3.8) is 0 Å². The van der Waals surface area contributed by atoms with Crippen LogP contribution in [0, 0.1) is 0 Å². The van der Waals surface area contributed by atoms with Crippen molar-refractivity contribution in [2.75, 3.05) is 13.1 Å². The molecule has 4 N–H and O–H groups in total. The second-order valence-electron chi connectivity index (χ2n) is 3.11. The van der Waals surface area contributed by atoms with Gasteiger partial charge in [0.1, 0.15) is 6.23 Å². The maximum atomic E-state index is 9.35. The summed E-state index contributed by atoms with van der Waals surface area (Å²) in [7, 11) is 0. The number of aliphatic hydroxyl groups excluding tert-OH is 1. The fraction of sp³-hybridized carbons (Fsp3) is 1.00. The van der Waals surface area contributed by atoms with Gasteiger partial charge in [-0.05, 0) is 38.8 Å². The Morgan fingerprint density at radius 2 is 2.08 bits per heavy atom. The minimum absolute atomic E-state index is 0.330. The van der Waals surface area contributed by atoms with Crippen LogP contribution in [0.2, 0.25) is 0 Å². The van der Waals surface area contributed by atoms with E-state index in [9.17, 15) is 5.11 Å². The largest absolute Gasteiger partial charge is 0.379 e. The van der Waals surface area contributed by atoms with Crippen LogP contribution in [0.1, 0.15) is 39.0 Å². The molecular weight excluding hydrogens is 152 g/mol. The van der Waals surface area contributed by atoms with Gasteiger partial charge in [-0.15, -0.1) is 0 Å². The highest BCUT2D eigenvalue weighted by atomic mass is 16.3. The molecule has 74 valence electrons. The monoisotopic (exact) mass is 174 g/mol. The van der Waals surface area contributed by atoms with Gasteiger partial charge >= 0.3 is 0 Å². The lowest BCUT2D eigenvalue weighted by Gasteiger charge is -2.11. The fourth-order valence-corrected chi connectivity index (χ4v) is 1.03. The van der Waals surface area contributed by atoms with Crippen LogP contribution >= 0.6 is 0 Å². The lowest BCUT2D eigenvalue weighted by atomic mass is 10.2. The number of nitrogens with one attached hydrogen (secondary N) is 1. The Bertz CT molecular complexity index is 78.6. The first-order valence-electron chi connectivity index (χ1n) is 4.92. The molecule has 1 atom stereocenters. The van der Waals surface area contributed by atoms with E-state index in [2.05, 4.69) is 12.2 Å². The standard InChI is InChI=1S/C9H22N2O/c1-2-3-8-11-9(12)6-4-5-7-10/h9,11-12H,2-8,10H2,1H3. The van der Waals surface area contributed by atoms with Crippen molar-refractivity contribution in [2.45, 2.75) is 45.3 Å². The van der Waals surface area contributed by atoms with Crippen LogP contribution in [0.15, 0.2) is 0 Å². The predicted octanol–water partition coefficient (Wildman–Crippen LogP) is 0.824. The van der Waals surface area contributed by atoms with Gasteiger partial charge in [0.25, 0.3) is 0 Å². The Labute approximate surface area is 75.3 Å². The zero-order valence-electron chi connectivity index (χ0n) is 8.05. The van der Waals surface area contributed by atoms with Gasteiger partial charge in [-0.25, -0.2) is 0 Å². The Balaban J connectivity index is 3.04. The summed E-state index contributed by atoms with van der Waals surface area (Å²) < 4.78 is 0. The minimum atomic E-state index is -0.330. The van der Waals surface area contributed by atoms with Crippen LogP contribution < -0.4 is 11.1 Å². The van der Waals surface area contributed by atoms with Gasteiger partial charge in [0.2, 0.25) is 0 Å². The third kappa shape index (κ3) is 7.98. The number of unbranched alkanes of at least 4 members (excludes halogenated alkanes) is 2. The molecule has 0 rings (SSSR count). The average molecular weight is 174 g/mol. The second-order valence-corrected chi connectivity index (χ2v) is 3.11. The van der Waals surface area contributed by atoms with Gasteiger partial charge in [-0.1, -0.05) is 13.3 Å². The van der Waals surface area contributed by atoms with Crippen molar-refractivity contribution < 1.29 is 5.11 Å². The van der Waals surface area contributed by atoms with Crippen LogP contribution in [0.4, 0.5) is 0 Å². The van der Waals surface area contributed by atoms with E-state index in [-0.39, 0.29) is 6.23 Å². The maximum absolute atomic E-state index is 9.35. The van der Waals surface area contributed by atoms with Crippen LogP contribution in [-0.2, 0) is 0 Å². The summed E-state index contributed by atoms with van der Waals surface area (Å²) >= 11 is 0. The smallest absolute Gasteiger partial charge is 0.104 e. The summed E-state index contributed by atoms with van der Waals surface area (Å²) in [6, 6.07) is 0. The van der Waals surface area contributed by atoms with E-state index in [0.29, 0.717) is 0 Å². The zero-order chi connectivity index (χ0) is 9.23. The Kier molecular flexibility index (Phi) is 8.88. The molecule has 0 radical (unpaired) electrons. The highest BCUT2D eigenvalue weighted by Crippen LogP contribution is 1.97. The van der Waals surface area contributed by atoms with Crippen molar-refractivity contribution in [2.24, 2.45) is 5.73 Å². The molecule has 0 bridgehead atoms. The van der Waals surface area contributed by atoms with E-state index >= 15 is 0 Å². The molecular formula is C9H22N2O. The van der Waals surface area contributed by atoms with Gasteiger partial charge in [-0.3, -0.25) is 5.32 Å². The summed E-state index contributed by atoms with van der Waals surface area (Å²) in [6.07, 6.45) is 4.81. The van der Waals surface area contributed by atoms with E-state index in [0.717, 1.165) is 38.8 Å². The third-order valence-corrected chi connectivity index (χ3v) is 1.84. The van der Waals surface area contributed by atoms with E-state index < -0.39 is 0 Å². The molecule has 0 heterocycles. The maximum Gasteiger partial charge on any atom is 0.104 e. The first-order chi connectivity index (χ1) is 5.81. The van der Waals surface area contributed by atoms with Crippen LogP contribution in [0.3, 0.4) is 0 Å². The van der Waals surface area contributed by atoms with Gasteiger partial charge in [0.05, 0.1) is 0 Å². The molecule has 0 aromatic carbocycles. The summed E-state index contributed by atoms with van der Waals surface area (Å²) in [4.78, 5) is 0. The van der Waals surface area contributed by atoms with Crippen molar-refractivity contribution in [3.05, 3.63) is 0 Å². The minimum Gasteiger partial charge on any atom is -0.379 e. The number of hydrogen-bond acceptors (Lipinski definition) is 3. The van der Waals surface area contributed by atoms with Gasteiger partial charge in [-0.2, -0.15) is 0 Å². The van der Waals surface area contributed by atoms with Gasteiger partial charge in [0, 0.05) is 0 Å². The Morgan fingerprint density at radius 3 is 2.67 bits per heavy atom. The summed E-state index contributed by atoms with van der Waals surface area (Å²) in [6.45, 7) is 3.78. The Morgan fingerprint density at radius 1 is 1.33 bits per heavy atom. The molecule has 12 heavy (non-hydrogen) atoms. The van der Waals surface area contributed by atoms with Gasteiger partial charge < -0.3 is 10.8 Å². The molecule has 0 saturated carbocycles. The zero-order valence-corrected chi connectivity index (χ0v) is 8.05. The molecule has 0 aliphatic carbocycles. The SMILES string of the molecule is CCCCNC(O)CCCCN. The highest BCUT2D eigenvalue weighted by molar-refractivity contribution is 4.54. The predicted molar refractivity (Wildman–Crippen MR) is 51.8 cm³/mol. The molecule has 0 aliphatic heterocycles. The molecule has 1 unspecified atom stereocenters. The summed E-state index contributed by atoms with van der Waals surface area (Å²) in [5.41, 5.74) is 5.33. The number of rotatable bonds is 8. The molecule has 0 aliphatic rings. The van der Waals surface area contributed by atoms with Crippen LogP contribution in [-0.4, -0.2) is 24.4 Å². The number of nitrogens with two attached hydrogens (primary N) is 1. The summed E-state index contributed by atoms with van der Waals surface area (Å²) in [5, 5.41) is 12.4. The average Bonchev–Trinajstić information content (AvgIpc) is 2.06. The van der Waals surface area contributed by atoms with E-state index in [1.165, 1.54) is 6.42 Å². The quantitative estimate of drug-likeness (QED) is 0.377. The number of aliphatic hydroxyl groups is 1. The lowest BCUT2D eigenvalue weighted by molar-refractivity contribution is 0.125. The van der Waals surface area contributed by atoms with Crippen molar-refractivity contribution >= 4 is 0 Å². The summed E-state index contributed by atoms with van der Waals surface area (Å²) in [5.74, 6) is 0. The first kappa shape index (κ1) is 11.9. The van der Waals surface area contributed by atoms with E-state index in [1.807, 2.05) is 0 Å². The highest BCUT2D eigenvalue weighted by Gasteiger charge is 2.00. The molecule has 3 heteroatoms. The molecule has 3 nitrogen and oxygen atoms in total. The van der Waals surface area contributed by atoms with E-state index in [4.69, 9.17) is 5.73 Å². The van der Waals surface area contributed by atoms with Crippen molar-refractivity contribution in [1.29, 1.82) is 0 Å². The Hall–Kier alpha value is -0.120. The fourth-order valence-electron chi connectivity index (χ4n) is 1.03. The molecule has 0 spiro atoms.